The lowest BCUT2D eigenvalue weighted by molar-refractivity contribution is 0.715. The smallest absolute Gasteiger partial charge is 0.145 e. The standard InChI is InChI=1S/C3H2Cl3F/c4-2(1-7)3(5)6/h1,3H/b2-1-. The average molecular weight is 163 g/mol. The Hall–Kier alpha value is 0.540. The van der Waals surface area contributed by atoms with Gasteiger partial charge in [-0.25, -0.2) is 4.39 Å². The minimum absolute atomic E-state index is 0.159. The van der Waals surface area contributed by atoms with E-state index in [1.165, 1.54) is 0 Å². The van der Waals surface area contributed by atoms with Crippen LogP contribution in [0.5, 0.6) is 0 Å². The molecule has 0 atom stereocenters. The van der Waals surface area contributed by atoms with Gasteiger partial charge in [0.2, 0.25) is 0 Å². The zero-order valence-corrected chi connectivity index (χ0v) is 5.43. The van der Waals surface area contributed by atoms with Crippen LogP contribution in [0, 0.1) is 0 Å². The topological polar surface area (TPSA) is 0 Å². The molecule has 0 saturated heterocycles. The van der Waals surface area contributed by atoms with Crippen LogP contribution in [0.3, 0.4) is 0 Å². The first kappa shape index (κ1) is 7.54. The summed E-state index contributed by atoms with van der Waals surface area (Å²) in [7, 11) is 0. The molecule has 0 bridgehead atoms. The second-order valence-electron chi connectivity index (χ2n) is 0.795. The van der Waals surface area contributed by atoms with Crippen LogP contribution in [0.1, 0.15) is 0 Å². The Morgan fingerprint density at radius 1 is 1.57 bits per heavy atom. The van der Waals surface area contributed by atoms with Crippen molar-refractivity contribution in [1.82, 2.24) is 0 Å². The molecule has 0 aliphatic carbocycles. The van der Waals surface area contributed by atoms with E-state index in [-0.39, 0.29) is 11.4 Å². The summed E-state index contributed by atoms with van der Waals surface area (Å²) in [6.45, 7) is 0. The predicted octanol–water partition coefficient (Wildman–Crippen LogP) is 2.84. The molecule has 0 unspecified atom stereocenters. The lowest BCUT2D eigenvalue weighted by Gasteiger charge is -1.90. The van der Waals surface area contributed by atoms with Gasteiger partial charge in [-0.1, -0.05) is 34.8 Å². The van der Waals surface area contributed by atoms with Gasteiger partial charge in [0.15, 0.2) is 0 Å². The first-order valence-electron chi connectivity index (χ1n) is 1.42. The summed E-state index contributed by atoms with van der Waals surface area (Å²) >= 11 is 15.1. The third-order valence-corrected chi connectivity index (χ3v) is 1.31. The average Bonchev–Trinajstić information content (AvgIpc) is 1.65. The maximum absolute atomic E-state index is 11.2. The molecule has 0 N–H and O–H groups in total. The van der Waals surface area contributed by atoms with Crippen LogP contribution in [0.25, 0.3) is 0 Å². The molecule has 0 spiro atoms. The molecular weight excluding hydrogens is 161 g/mol. The van der Waals surface area contributed by atoms with E-state index in [4.69, 9.17) is 34.8 Å². The van der Waals surface area contributed by atoms with Crippen molar-refractivity contribution in [3.05, 3.63) is 11.4 Å². The van der Waals surface area contributed by atoms with Crippen molar-refractivity contribution in [3.8, 4) is 0 Å². The highest BCUT2D eigenvalue weighted by Gasteiger charge is 2.01. The number of halogens is 4. The zero-order chi connectivity index (χ0) is 5.86. The summed E-state index contributed by atoms with van der Waals surface area (Å²) in [4.78, 5) is -0.938. The van der Waals surface area contributed by atoms with Crippen molar-refractivity contribution in [2.75, 3.05) is 0 Å². The van der Waals surface area contributed by atoms with E-state index in [1.807, 2.05) is 0 Å². The van der Waals surface area contributed by atoms with Gasteiger partial charge >= 0.3 is 0 Å². The first-order valence-corrected chi connectivity index (χ1v) is 2.67. The second-order valence-corrected chi connectivity index (χ2v) is 2.33. The van der Waals surface area contributed by atoms with Gasteiger partial charge in [0.1, 0.15) is 11.2 Å². The van der Waals surface area contributed by atoms with Crippen LogP contribution in [0.15, 0.2) is 11.4 Å². The quantitative estimate of drug-likeness (QED) is 0.522. The molecular formula is C3H2Cl3F. The highest BCUT2D eigenvalue weighted by atomic mass is 35.5. The van der Waals surface area contributed by atoms with Gasteiger partial charge in [0, 0.05) is 0 Å². The molecule has 7 heavy (non-hydrogen) atoms. The Kier molecular flexibility index (Phi) is 3.80. The number of hydrogen-bond donors (Lipinski definition) is 0. The van der Waals surface area contributed by atoms with Crippen LogP contribution < -0.4 is 0 Å². The SMILES string of the molecule is F/C=C(\Cl)C(Cl)Cl. The molecule has 0 radical (unpaired) electrons. The van der Waals surface area contributed by atoms with Gasteiger partial charge in [-0.3, -0.25) is 0 Å². The molecule has 4 heteroatoms. The lowest BCUT2D eigenvalue weighted by atomic mass is 10.7. The van der Waals surface area contributed by atoms with Crippen molar-refractivity contribution in [2.24, 2.45) is 0 Å². The predicted molar refractivity (Wildman–Crippen MR) is 30.5 cm³/mol. The fourth-order valence-electron chi connectivity index (χ4n) is 0.0476. The molecule has 0 aliphatic heterocycles. The van der Waals surface area contributed by atoms with E-state index < -0.39 is 4.84 Å². The Bertz CT molecular complexity index is 78.2. The monoisotopic (exact) mass is 162 g/mol. The highest BCUT2D eigenvalue weighted by Crippen LogP contribution is 2.17. The van der Waals surface area contributed by atoms with Crippen LogP contribution in [0.4, 0.5) is 4.39 Å². The Morgan fingerprint density at radius 3 is 2.00 bits per heavy atom. The lowest BCUT2D eigenvalue weighted by Crippen LogP contribution is -1.81. The van der Waals surface area contributed by atoms with Crippen LogP contribution in [0.2, 0.25) is 0 Å². The fourth-order valence-corrected chi connectivity index (χ4v) is 0.143. The van der Waals surface area contributed by atoms with E-state index in [0.717, 1.165) is 0 Å². The first-order chi connectivity index (χ1) is 3.18. The minimum atomic E-state index is -0.938. The number of allylic oxidation sites excluding steroid dienone is 1. The summed E-state index contributed by atoms with van der Waals surface area (Å²) < 4.78 is 11.2. The Balaban J connectivity index is 3.56. The van der Waals surface area contributed by atoms with Gasteiger partial charge < -0.3 is 0 Å². The van der Waals surface area contributed by atoms with Crippen molar-refractivity contribution < 1.29 is 4.39 Å². The number of alkyl halides is 2. The molecule has 0 amide bonds. The van der Waals surface area contributed by atoms with Crippen molar-refractivity contribution in [1.29, 1.82) is 0 Å². The highest BCUT2D eigenvalue weighted by molar-refractivity contribution is 6.52. The van der Waals surface area contributed by atoms with Gasteiger partial charge in [0.05, 0.1) is 5.03 Å². The second kappa shape index (κ2) is 3.53. The summed E-state index contributed by atoms with van der Waals surface area (Å²) in [5.41, 5.74) is 0. The van der Waals surface area contributed by atoms with Gasteiger partial charge in [-0.2, -0.15) is 0 Å². The molecule has 0 saturated carbocycles. The molecule has 42 valence electrons. The van der Waals surface area contributed by atoms with E-state index in [9.17, 15) is 4.39 Å². The Labute approximate surface area is 55.9 Å². The van der Waals surface area contributed by atoms with Crippen LogP contribution in [-0.4, -0.2) is 4.84 Å². The van der Waals surface area contributed by atoms with Crippen LogP contribution in [-0.2, 0) is 0 Å². The van der Waals surface area contributed by atoms with Gasteiger partial charge in [0.25, 0.3) is 0 Å². The van der Waals surface area contributed by atoms with Crippen molar-refractivity contribution in [3.63, 3.8) is 0 Å². The summed E-state index contributed by atoms with van der Waals surface area (Å²) in [5.74, 6) is 0. The fraction of sp³-hybridized carbons (Fsp3) is 0.333. The van der Waals surface area contributed by atoms with Gasteiger partial charge in [-0.15, -0.1) is 0 Å². The van der Waals surface area contributed by atoms with Crippen molar-refractivity contribution >= 4 is 34.8 Å². The summed E-state index contributed by atoms with van der Waals surface area (Å²) in [6, 6.07) is 0. The van der Waals surface area contributed by atoms with Gasteiger partial charge in [-0.05, 0) is 0 Å². The molecule has 0 rings (SSSR count). The Morgan fingerprint density at radius 2 is 2.00 bits per heavy atom. The van der Waals surface area contributed by atoms with E-state index in [2.05, 4.69) is 0 Å². The molecule has 0 aromatic carbocycles. The normalized spacial score (nSPS) is 13.0. The van der Waals surface area contributed by atoms with E-state index >= 15 is 0 Å². The molecule has 0 fully saturated rings. The maximum atomic E-state index is 11.2. The number of rotatable bonds is 1. The third-order valence-electron chi connectivity index (χ3n) is 0.313. The van der Waals surface area contributed by atoms with E-state index in [1.54, 1.807) is 0 Å². The maximum Gasteiger partial charge on any atom is 0.145 e. The molecule has 0 aromatic heterocycles. The molecule has 0 aliphatic rings. The largest absolute Gasteiger partial charge is 0.214 e. The van der Waals surface area contributed by atoms with Crippen molar-refractivity contribution in [2.45, 2.75) is 4.84 Å². The summed E-state index contributed by atoms with van der Waals surface area (Å²) in [5, 5.41) is -0.191. The van der Waals surface area contributed by atoms with E-state index in [0.29, 0.717) is 0 Å². The minimum Gasteiger partial charge on any atom is -0.214 e. The molecule has 0 heterocycles. The van der Waals surface area contributed by atoms with Crippen LogP contribution >= 0.6 is 34.8 Å². The summed E-state index contributed by atoms with van der Waals surface area (Å²) in [6.07, 6.45) is 0.159. The third kappa shape index (κ3) is 3.15. The molecule has 0 nitrogen and oxygen atoms in total. The number of hydrogen-bond acceptors (Lipinski definition) is 0. The zero-order valence-electron chi connectivity index (χ0n) is 3.17. The molecule has 0 aromatic rings.